The van der Waals surface area contributed by atoms with E-state index in [4.69, 9.17) is 6.42 Å². The number of rotatable bonds is 4. The normalized spacial score (nSPS) is 12.0. The Morgan fingerprint density at radius 1 is 1.54 bits per heavy atom. The molecule has 0 saturated carbocycles. The van der Waals surface area contributed by atoms with E-state index in [9.17, 15) is 0 Å². The molecule has 1 aromatic rings. The molecule has 3 heteroatoms. The molecular formula is C10H13N3. The maximum atomic E-state index is 5.19. The zero-order chi connectivity index (χ0) is 9.52. The highest BCUT2D eigenvalue weighted by atomic mass is 15.0. The molecule has 1 unspecified atom stereocenters. The van der Waals surface area contributed by atoms with Crippen LogP contribution in [-0.4, -0.2) is 17.0 Å². The standard InChI is InChI=1S/C10H13N3/c1-3-4-6-9(11-2)10-12-7-5-8-13-10/h1,5,7-9,11H,4,6H2,2H3. The minimum Gasteiger partial charge on any atom is -0.310 e. The van der Waals surface area contributed by atoms with Crippen molar-refractivity contribution >= 4 is 0 Å². The molecule has 0 radical (unpaired) electrons. The van der Waals surface area contributed by atoms with E-state index in [1.54, 1.807) is 18.5 Å². The molecule has 0 aliphatic rings. The van der Waals surface area contributed by atoms with Crippen LogP contribution in [0, 0.1) is 12.3 Å². The van der Waals surface area contributed by atoms with Gasteiger partial charge in [0.2, 0.25) is 0 Å². The number of hydrogen-bond donors (Lipinski definition) is 1. The summed E-state index contributed by atoms with van der Waals surface area (Å²) in [7, 11) is 1.89. The molecule has 0 spiro atoms. The molecule has 0 fully saturated rings. The van der Waals surface area contributed by atoms with Gasteiger partial charge in [-0.3, -0.25) is 0 Å². The summed E-state index contributed by atoms with van der Waals surface area (Å²) in [5, 5.41) is 3.13. The molecule has 13 heavy (non-hydrogen) atoms. The second-order valence-electron chi connectivity index (χ2n) is 2.69. The minimum atomic E-state index is 0.164. The number of nitrogens with zero attached hydrogens (tertiary/aromatic N) is 2. The van der Waals surface area contributed by atoms with Crippen LogP contribution in [0.4, 0.5) is 0 Å². The molecule has 0 aliphatic carbocycles. The van der Waals surface area contributed by atoms with Crippen LogP contribution < -0.4 is 5.32 Å². The second kappa shape index (κ2) is 5.28. The van der Waals surface area contributed by atoms with E-state index in [2.05, 4.69) is 21.2 Å². The van der Waals surface area contributed by atoms with Gasteiger partial charge in [-0.25, -0.2) is 9.97 Å². The molecular weight excluding hydrogens is 162 g/mol. The Labute approximate surface area is 78.6 Å². The predicted octanol–water partition coefficient (Wildman–Crippen LogP) is 1.15. The highest BCUT2D eigenvalue weighted by Crippen LogP contribution is 2.11. The van der Waals surface area contributed by atoms with E-state index >= 15 is 0 Å². The molecule has 1 N–H and O–H groups in total. The van der Waals surface area contributed by atoms with Crippen LogP contribution in [0.25, 0.3) is 0 Å². The first-order valence-electron chi connectivity index (χ1n) is 4.26. The van der Waals surface area contributed by atoms with Crippen LogP contribution in [0.1, 0.15) is 24.7 Å². The Morgan fingerprint density at radius 2 is 2.23 bits per heavy atom. The van der Waals surface area contributed by atoms with Crippen LogP contribution in [0.5, 0.6) is 0 Å². The summed E-state index contributed by atoms with van der Waals surface area (Å²) in [5.41, 5.74) is 0. The SMILES string of the molecule is C#CCCC(NC)c1ncccn1. The molecule has 0 bridgehead atoms. The van der Waals surface area contributed by atoms with Gasteiger partial charge in [0.25, 0.3) is 0 Å². The lowest BCUT2D eigenvalue weighted by Crippen LogP contribution is -2.18. The number of nitrogens with one attached hydrogen (secondary N) is 1. The largest absolute Gasteiger partial charge is 0.310 e. The first-order valence-corrected chi connectivity index (χ1v) is 4.26. The lowest BCUT2D eigenvalue weighted by molar-refractivity contribution is 0.528. The van der Waals surface area contributed by atoms with Crippen molar-refractivity contribution in [3.8, 4) is 12.3 Å². The van der Waals surface area contributed by atoms with Crippen LogP contribution in [0.2, 0.25) is 0 Å². The minimum absolute atomic E-state index is 0.164. The lowest BCUT2D eigenvalue weighted by atomic mass is 10.1. The average molecular weight is 175 g/mol. The zero-order valence-corrected chi connectivity index (χ0v) is 7.70. The van der Waals surface area contributed by atoms with Crippen LogP contribution >= 0.6 is 0 Å². The van der Waals surface area contributed by atoms with Crippen LogP contribution in [-0.2, 0) is 0 Å². The Hall–Kier alpha value is -1.40. The third-order valence-corrected chi connectivity index (χ3v) is 1.82. The molecule has 1 aromatic heterocycles. The third kappa shape index (κ3) is 2.85. The fraction of sp³-hybridized carbons (Fsp3) is 0.400. The Bertz CT molecular complexity index is 276. The number of terminal acetylenes is 1. The molecule has 1 heterocycles. The maximum Gasteiger partial charge on any atom is 0.145 e. The molecule has 68 valence electrons. The summed E-state index contributed by atoms with van der Waals surface area (Å²) in [6.45, 7) is 0. The smallest absolute Gasteiger partial charge is 0.145 e. The number of aromatic nitrogens is 2. The molecule has 0 aliphatic heterocycles. The monoisotopic (exact) mass is 175 g/mol. The van der Waals surface area contributed by atoms with E-state index in [0.29, 0.717) is 0 Å². The first-order chi connectivity index (χ1) is 6.38. The van der Waals surface area contributed by atoms with Crippen molar-refractivity contribution in [3.05, 3.63) is 24.3 Å². The second-order valence-corrected chi connectivity index (χ2v) is 2.69. The Kier molecular flexibility index (Phi) is 3.94. The zero-order valence-electron chi connectivity index (χ0n) is 7.70. The van der Waals surface area contributed by atoms with Gasteiger partial charge in [0, 0.05) is 18.8 Å². The van der Waals surface area contributed by atoms with Crippen LogP contribution in [0.15, 0.2) is 18.5 Å². The van der Waals surface area contributed by atoms with Gasteiger partial charge in [0.15, 0.2) is 0 Å². The molecule has 0 aromatic carbocycles. The van der Waals surface area contributed by atoms with Gasteiger partial charge >= 0.3 is 0 Å². The highest BCUT2D eigenvalue weighted by molar-refractivity contribution is 4.97. The van der Waals surface area contributed by atoms with Crippen LogP contribution in [0.3, 0.4) is 0 Å². The van der Waals surface area contributed by atoms with Gasteiger partial charge in [0.05, 0.1) is 6.04 Å². The van der Waals surface area contributed by atoms with E-state index in [0.717, 1.165) is 18.7 Å². The van der Waals surface area contributed by atoms with Gasteiger partial charge in [-0.05, 0) is 19.5 Å². The van der Waals surface area contributed by atoms with Gasteiger partial charge < -0.3 is 5.32 Å². The van der Waals surface area contributed by atoms with Gasteiger partial charge in [-0.1, -0.05) is 0 Å². The van der Waals surface area contributed by atoms with Crippen molar-refractivity contribution in [2.24, 2.45) is 0 Å². The summed E-state index contributed by atoms with van der Waals surface area (Å²) in [6.07, 6.45) is 10.3. The van der Waals surface area contributed by atoms with Gasteiger partial charge in [-0.15, -0.1) is 12.3 Å². The lowest BCUT2D eigenvalue weighted by Gasteiger charge is -2.12. The summed E-state index contributed by atoms with van der Waals surface area (Å²) in [5.74, 6) is 3.41. The maximum absolute atomic E-state index is 5.19. The fourth-order valence-corrected chi connectivity index (χ4v) is 1.12. The van der Waals surface area contributed by atoms with Crippen molar-refractivity contribution in [1.29, 1.82) is 0 Å². The van der Waals surface area contributed by atoms with Gasteiger partial charge in [0.1, 0.15) is 5.82 Å². The quantitative estimate of drug-likeness (QED) is 0.697. The topological polar surface area (TPSA) is 37.8 Å². The van der Waals surface area contributed by atoms with Crippen molar-refractivity contribution in [2.75, 3.05) is 7.05 Å². The average Bonchev–Trinajstić information content (AvgIpc) is 2.21. The van der Waals surface area contributed by atoms with Crippen molar-refractivity contribution in [3.63, 3.8) is 0 Å². The summed E-state index contributed by atoms with van der Waals surface area (Å²) in [6, 6.07) is 1.97. The van der Waals surface area contributed by atoms with Gasteiger partial charge in [-0.2, -0.15) is 0 Å². The fourth-order valence-electron chi connectivity index (χ4n) is 1.12. The molecule has 1 rings (SSSR count). The first kappa shape index (κ1) is 9.69. The Morgan fingerprint density at radius 3 is 2.77 bits per heavy atom. The summed E-state index contributed by atoms with van der Waals surface area (Å²) >= 11 is 0. The van der Waals surface area contributed by atoms with E-state index in [-0.39, 0.29) is 6.04 Å². The Balaban J connectivity index is 2.63. The molecule has 0 saturated heterocycles. The highest BCUT2D eigenvalue weighted by Gasteiger charge is 2.09. The van der Waals surface area contributed by atoms with Crippen molar-refractivity contribution in [2.45, 2.75) is 18.9 Å². The predicted molar refractivity (Wildman–Crippen MR) is 51.9 cm³/mol. The van der Waals surface area contributed by atoms with Crippen molar-refractivity contribution in [1.82, 2.24) is 15.3 Å². The molecule has 3 nitrogen and oxygen atoms in total. The summed E-state index contributed by atoms with van der Waals surface area (Å²) < 4.78 is 0. The molecule has 1 atom stereocenters. The van der Waals surface area contributed by atoms with E-state index in [1.807, 2.05) is 7.05 Å². The van der Waals surface area contributed by atoms with E-state index in [1.165, 1.54) is 0 Å². The van der Waals surface area contributed by atoms with Crippen molar-refractivity contribution < 1.29 is 0 Å². The van der Waals surface area contributed by atoms with E-state index < -0.39 is 0 Å². The molecule has 0 amide bonds. The third-order valence-electron chi connectivity index (χ3n) is 1.82. The summed E-state index contributed by atoms with van der Waals surface area (Å²) in [4.78, 5) is 8.32. The number of hydrogen-bond acceptors (Lipinski definition) is 3.